The van der Waals surface area contributed by atoms with Crippen molar-refractivity contribution in [2.75, 3.05) is 6.54 Å². The summed E-state index contributed by atoms with van der Waals surface area (Å²) in [6, 6.07) is 11.5. The zero-order chi connectivity index (χ0) is 20.9. The number of halogens is 1. The molecule has 1 saturated carbocycles. The van der Waals surface area contributed by atoms with Crippen LogP contribution in [-0.4, -0.2) is 29.4 Å². The van der Waals surface area contributed by atoms with Gasteiger partial charge in [-0.3, -0.25) is 14.6 Å². The van der Waals surface area contributed by atoms with Gasteiger partial charge in [-0.05, 0) is 55.5 Å². The molecule has 1 heterocycles. The number of carbonyl (C=O) groups excluding carboxylic acids is 2. The molecule has 0 spiro atoms. The summed E-state index contributed by atoms with van der Waals surface area (Å²) in [5, 5.41) is 6.52. The Morgan fingerprint density at radius 2 is 2.00 bits per heavy atom. The number of benzene rings is 1. The summed E-state index contributed by atoms with van der Waals surface area (Å²) in [5.74, 6) is -0.242. The Morgan fingerprint density at radius 3 is 2.59 bits per heavy atom. The number of amides is 2. The number of nitrogens with one attached hydrogen (secondary N) is 2. The lowest BCUT2D eigenvalue weighted by Crippen LogP contribution is -2.45. The number of hydrogen-bond acceptors (Lipinski definition) is 4. The fraction of sp³-hybridized carbons (Fsp3) is 0.409. The average Bonchev–Trinajstić information content (AvgIpc) is 2.73. The maximum absolute atomic E-state index is 12.6. The van der Waals surface area contributed by atoms with Gasteiger partial charge in [0, 0.05) is 36.1 Å². The number of pyridine rings is 1. The molecule has 0 aliphatic heterocycles. The van der Waals surface area contributed by atoms with E-state index in [0.717, 1.165) is 30.7 Å². The van der Waals surface area contributed by atoms with E-state index in [1.807, 2.05) is 18.2 Å². The largest absolute Gasteiger partial charge is 0.351 e. The molecular formula is C22H27ClN4O2. The molecule has 0 atom stereocenters. The van der Waals surface area contributed by atoms with E-state index in [1.165, 1.54) is 12.5 Å². The Morgan fingerprint density at radius 1 is 1.24 bits per heavy atom. The fourth-order valence-corrected chi connectivity index (χ4v) is 4.08. The van der Waals surface area contributed by atoms with E-state index in [-0.39, 0.29) is 23.3 Å². The van der Waals surface area contributed by atoms with Crippen molar-refractivity contribution in [2.45, 2.75) is 50.6 Å². The second-order valence-corrected chi connectivity index (χ2v) is 8.13. The monoisotopic (exact) mass is 414 g/mol. The van der Waals surface area contributed by atoms with Gasteiger partial charge in [-0.2, -0.15) is 0 Å². The molecule has 1 fully saturated rings. The van der Waals surface area contributed by atoms with Crippen molar-refractivity contribution in [3.8, 4) is 0 Å². The normalized spacial score (nSPS) is 21.4. The second-order valence-electron chi connectivity index (χ2n) is 7.69. The highest BCUT2D eigenvalue weighted by Gasteiger charge is 2.36. The minimum Gasteiger partial charge on any atom is -0.351 e. The van der Waals surface area contributed by atoms with Gasteiger partial charge in [0.15, 0.2) is 0 Å². The van der Waals surface area contributed by atoms with Crippen molar-refractivity contribution >= 4 is 23.4 Å². The average molecular weight is 415 g/mol. The van der Waals surface area contributed by atoms with E-state index in [2.05, 4.69) is 21.7 Å². The van der Waals surface area contributed by atoms with E-state index in [0.29, 0.717) is 24.3 Å². The Balaban J connectivity index is 1.57. The Hall–Kier alpha value is -2.44. The Labute approximate surface area is 176 Å². The lowest BCUT2D eigenvalue weighted by molar-refractivity contribution is -0.119. The van der Waals surface area contributed by atoms with Crippen LogP contribution >= 0.6 is 11.6 Å². The summed E-state index contributed by atoms with van der Waals surface area (Å²) in [4.78, 5) is 27.8. The van der Waals surface area contributed by atoms with E-state index < -0.39 is 0 Å². The van der Waals surface area contributed by atoms with Crippen LogP contribution in [-0.2, 0) is 16.8 Å². The third kappa shape index (κ3) is 5.34. The third-order valence-electron chi connectivity index (χ3n) is 5.71. The van der Waals surface area contributed by atoms with Gasteiger partial charge in [-0.1, -0.05) is 23.7 Å². The van der Waals surface area contributed by atoms with E-state index in [9.17, 15) is 9.59 Å². The standard InChI is InChI=1S/C22H27ClN4O2/c1-15(28)25-13-20-6-5-16(12-26-20)21(29)27-19-7-9-22(14-24,10-8-19)17-3-2-4-18(23)11-17/h2-6,11-12,19H,7-10,13-14,24H2,1H3,(H,25,28)(H,27,29)/t19-,22-. The number of hydrogen-bond donors (Lipinski definition) is 3. The molecule has 0 saturated heterocycles. The van der Waals surface area contributed by atoms with Crippen LogP contribution in [0.5, 0.6) is 0 Å². The van der Waals surface area contributed by atoms with Crippen molar-refractivity contribution in [2.24, 2.45) is 5.73 Å². The van der Waals surface area contributed by atoms with Gasteiger partial charge < -0.3 is 16.4 Å². The predicted molar refractivity (Wildman–Crippen MR) is 114 cm³/mol. The zero-order valence-electron chi connectivity index (χ0n) is 16.6. The number of nitrogens with two attached hydrogens (primary N) is 1. The predicted octanol–water partition coefficient (Wildman–Crippen LogP) is 2.94. The molecule has 154 valence electrons. The molecule has 0 bridgehead atoms. The first-order valence-electron chi connectivity index (χ1n) is 9.88. The van der Waals surface area contributed by atoms with Crippen LogP contribution in [0.4, 0.5) is 0 Å². The Bertz CT molecular complexity index is 861. The molecule has 2 amide bonds. The molecule has 3 rings (SSSR count). The van der Waals surface area contributed by atoms with Gasteiger partial charge in [0.25, 0.3) is 5.91 Å². The smallest absolute Gasteiger partial charge is 0.253 e. The van der Waals surface area contributed by atoms with E-state index >= 15 is 0 Å². The molecule has 0 radical (unpaired) electrons. The van der Waals surface area contributed by atoms with Crippen LogP contribution in [0.2, 0.25) is 5.02 Å². The summed E-state index contributed by atoms with van der Waals surface area (Å²) in [6.45, 7) is 2.37. The number of nitrogens with zero attached hydrogens (tertiary/aromatic N) is 1. The van der Waals surface area contributed by atoms with Crippen LogP contribution in [0, 0.1) is 0 Å². The van der Waals surface area contributed by atoms with E-state index in [1.54, 1.807) is 18.3 Å². The molecule has 29 heavy (non-hydrogen) atoms. The van der Waals surface area contributed by atoms with Crippen molar-refractivity contribution in [1.82, 2.24) is 15.6 Å². The minimum atomic E-state index is -0.128. The molecule has 1 aromatic carbocycles. The molecule has 1 aliphatic carbocycles. The number of rotatable bonds is 6. The quantitative estimate of drug-likeness (QED) is 0.676. The minimum absolute atomic E-state index is 0.0843. The maximum atomic E-state index is 12.6. The third-order valence-corrected chi connectivity index (χ3v) is 5.95. The van der Waals surface area contributed by atoms with Crippen LogP contribution in [0.25, 0.3) is 0 Å². The molecule has 0 unspecified atom stereocenters. The summed E-state index contributed by atoms with van der Waals surface area (Å²) in [6.07, 6.45) is 5.09. The van der Waals surface area contributed by atoms with Gasteiger partial charge in [-0.15, -0.1) is 0 Å². The van der Waals surface area contributed by atoms with Crippen LogP contribution in [0.1, 0.15) is 54.2 Å². The lowest BCUT2D eigenvalue weighted by Gasteiger charge is -2.40. The van der Waals surface area contributed by atoms with Gasteiger partial charge in [-0.25, -0.2) is 0 Å². The first-order valence-corrected chi connectivity index (χ1v) is 10.3. The highest BCUT2D eigenvalue weighted by Crippen LogP contribution is 2.39. The second kappa shape index (κ2) is 9.37. The van der Waals surface area contributed by atoms with Gasteiger partial charge in [0.05, 0.1) is 17.8 Å². The fourth-order valence-electron chi connectivity index (χ4n) is 3.89. The van der Waals surface area contributed by atoms with Crippen molar-refractivity contribution in [3.63, 3.8) is 0 Å². The highest BCUT2D eigenvalue weighted by molar-refractivity contribution is 6.30. The van der Waals surface area contributed by atoms with Crippen LogP contribution in [0.15, 0.2) is 42.6 Å². The number of carbonyl (C=O) groups is 2. The molecule has 4 N–H and O–H groups in total. The van der Waals surface area contributed by atoms with Gasteiger partial charge >= 0.3 is 0 Å². The molecule has 1 aliphatic rings. The van der Waals surface area contributed by atoms with E-state index in [4.69, 9.17) is 17.3 Å². The molecule has 6 nitrogen and oxygen atoms in total. The summed E-state index contributed by atoms with van der Waals surface area (Å²) < 4.78 is 0. The van der Waals surface area contributed by atoms with Gasteiger partial charge in [0.2, 0.25) is 5.91 Å². The zero-order valence-corrected chi connectivity index (χ0v) is 17.3. The first kappa shape index (κ1) is 21.3. The highest BCUT2D eigenvalue weighted by atomic mass is 35.5. The van der Waals surface area contributed by atoms with Gasteiger partial charge in [0.1, 0.15) is 0 Å². The SMILES string of the molecule is CC(=O)NCc1ccc(C(=O)N[C@H]2CC[C@](CN)(c3cccc(Cl)c3)CC2)cn1. The molecule has 2 aromatic rings. The van der Waals surface area contributed by atoms with Crippen molar-refractivity contribution in [1.29, 1.82) is 0 Å². The summed E-state index contributed by atoms with van der Waals surface area (Å²) in [7, 11) is 0. The molecule has 1 aromatic heterocycles. The topological polar surface area (TPSA) is 97.1 Å². The molecular weight excluding hydrogens is 388 g/mol. The number of aromatic nitrogens is 1. The van der Waals surface area contributed by atoms with Crippen LogP contribution < -0.4 is 16.4 Å². The summed E-state index contributed by atoms with van der Waals surface area (Å²) >= 11 is 6.17. The molecule has 7 heteroatoms. The van der Waals surface area contributed by atoms with Crippen molar-refractivity contribution < 1.29 is 9.59 Å². The van der Waals surface area contributed by atoms with Crippen molar-refractivity contribution in [3.05, 3.63) is 64.4 Å². The Kier molecular flexibility index (Phi) is 6.87. The lowest BCUT2D eigenvalue weighted by atomic mass is 9.68. The maximum Gasteiger partial charge on any atom is 0.253 e. The summed E-state index contributed by atoms with van der Waals surface area (Å²) in [5.41, 5.74) is 8.47. The first-order chi connectivity index (χ1) is 13.9. The van der Waals surface area contributed by atoms with Crippen LogP contribution in [0.3, 0.4) is 0 Å².